The van der Waals surface area contributed by atoms with Crippen molar-refractivity contribution in [3.8, 4) is 0 Å². The van der Waals surface area contributed by atoms with Crippen LogP contribution >= 0.6 is 0 Å². The first kappa shape index (κ1) is 18.5. The maximum Gasteiger partial charge on any atom is 0.416 e. The summed E-state index contributed by atoms with van der Waals surface area (Å²) in [5, 5.41) is 9.80. The summed E-state index contributed by atoms with van der Waals surface area (Å²) in [7, 11) is -3.71. The Kier molecular flexibility index (Phi) is 5.68. The Morgan fingerprint density at radius 3 is 2.38 bits per heavy atom. The molecule has 0 aliphatic rings. The van der Waals surface area contributed by atoms with Crippen LogP contribution in [0.5, 0.6) is 0 Å². The zero-order valence-electron chi connectivity index (χ0n) is 12.5. The van der Waals surface area contributed by atoms with E-state index in [1.165, 1.54) is 12.5 Å². The minimum absolute atomic E-state index is 0.00465. The number of halogens is 3. The Morgan fingerprint density at radius 1 is 1.17 bits per heavy atom. The van der Waals surface area contributed by atoms with Crippen molar-refractivity contribution >= 4 is 10.0 Å². The molecule has 2 rings (SSSR count). The molecule has 1 unspecified atom stereocenters. The van der Waals surface area contributed by atoms with Crippen molar-refractivity contribution in [1.82, 2.24) is 4.72 Å². The second-order valence-electron chi connectivity index (χ2n) is 5.21. The van der Waals surface area contributed by atoms with E-state index in [1.54, 1.807) is 6.07 Å². The van der Waals surface area contributed by atoms with Crippen molar-refractivity contribution in [2.75, 3.05) is 6.54 Å². The number of alkyl halides is 3. The molecule has 0 spiro atoms. The molecule has 0 radical (unpaired) electrons. The smallest absolute Gasteiger partial charge is 0.416 e. The van der Waals surface area contributed by atoms with Crippen LogP contribution in [0.4, 0.5) is 13.2 Å². The average molecular weight is 363 g/mol. The van der Waals surface area contributed by atoms with Gasteiger partial charge in [-0.15, -0.1) is 0 Å². The highest BCUT2D eigenvalue weighted by Gasteiger charge is 2.30. The van der Waals surface area contributed by atoms with E-state index in [2.05, 4.69) is 4.72 Å². The number of nitrogens with one attached hydrogen (secondary N) is 1. The van der Waals surface area contributed by atoms with E-state index in [-0.39, 0.29) is 18.5 Å². The van der Waals surface area contributed by atoms with Crippen LogP contribution in [0.25, 0.3) is 0 Å². The summed E-state index contributed by atoms with van der Waals surface area (Å²) in [6, 6.07) is 5.51. The van der Waals surface area contributed by atoms with Gasteiger partial charge >= 0.3 is 6.18 Å². The highest BCUT2D eigenvalue weighted by atomic mass is 32.2. The predicted octanol–water partition coefficient (Wildman–Crippen LogP) is 2.84. The normalized spacial score (nSPS) is 13.8. The summed E-state index contributed by atoms with van der Waals surface area (Å²) in [5.41, 5.74) is -0.0531. The molecule has 0 aliphatic carbocycles. The first-order chi connectivity index (χ1) is 11.2. The molecule has 9 heteroatoms. The summed E-state index contributed by atoms with van der Waals surface area (Å²) in [4.78, 5) is 0. The molecule has 1 heterocycles. The van der Waals surface area contributed by atoms with E-state index in [9.17, 15) is 26.7 Å². The Hall–Kier alpha value is -1.84. The molecule has 1 aromatic heterocycles. The van der Waals surface area contributed by atoms with E-state index < -0.39 is 33.6 Å². The summed E-state index contributed by atoms with van der Waals surface area (Å²) >= 11 is 0. The summed E-state index contributed by atoms with van der Waals surface area (Å²) in [6.45, 7) is -0.00465. The number of hydrogen-bond acceptors (Lipinski definition) is 4. The van der Waals surface area contributed by atoms with Crippen LogP contribution in [-0.4, -0.2) is 20.1 Å². The first-order valence-electron chi connectivity index (χ1n) is 7.01. The van der Waals surface area contributed by atoms with Crippen LogP contribution in [0.1, 0.15) is 29.2 Å². The second kappa shape index (κ2) is 7.37. The van der Waals surface area contributed by atoms with Gasteiger partial charge in [0.2, 0.25) is 10.0 Å². The maximum absolute atomic E-state index is 12.5. The molecule has 0 saturated heterocycles. The molecule has 1 atom stereocenters. The van der Waals surface area contributed by atoms with Crippen molar-refractivity contribution in [3.63, 3.8) is 0 Å². The number of sulfonamides is 1. The van der Waals surface area contributed by atoms with Gasteiger partial charge in [-0.2, -0.15) is 13.2 Å². The van der Waals surface area contributed by atoms with Gasteiger partial charge in [0.15, 0.2) is 0 Å². The molecule has 0 amide bonds. The molecule has 2 aromatic rings. The van der Waals surface area contributed by atoms with Gasteiger partial charge in [-0.3, -0.25) is 0 Å². The standard InChI is InChI=1S/C15H16F3NO4S/c16-15(17,18)13-3-1-11(2-4-13)10-24(21,22)19-7-5-14(20)12-6-8-23-9-12/h1-4,6,8-9,14,19-20H,5,7,10H2. The topological polar surface area (TPSA) is 79.5 Å². The molecular formula is C15H16F3NO4S. The quantitative estimate of drug-likeness (QED) is 0.793. The SMILES string of the molecule is O=S(=O)(Cc1ccc(C(F)(F)F)cc1)NCCC(O)c1ccoc1. The van der Waals surface area contributed by atoms with Gasteiger partial charge in [0.1, 0.15) is 0 Å². The summed E-state index contributed by atoms with van der Waals surface area (Å²) in [6.07, 6.45) is -2.42. The zero-order chi connectivity index (χ0) is 17.8. The first-order valence-corrected chi connectivity index (χ1v) is 8.66. The third kappa shape index (κ3) is 5.36. The van der Waals surface area contributed by atoms with Crippen molar-refractivity contribution < 1.29 is 31.1 Å². The van der Waals surface area contributed by atoms with Gasteiger partial charge in [-0.05, 0) is 30.2 Å². The zero-order valence-corrected chi connectivity index (χ0v) is 13.3. The van der Waals surface area contributed by atoms with Crippen LogP contribution in [-0.2, 0) is 22.0 Å². The molecule has 2 N–H and O–H groups in total. The fourth-order valence-corrected chi connectivity index (χ4v) is 3.21. The number of hydrogen-bond donors (Lipinski definition) is 2. The highest BCUT2D eigenvalue weighted by Crippen LogP contribution is 2.29. The average Bonchev–Trinajstić information content (AvgIpc) is 3.00. The molecule has 0 saturated carbocycles. The van der Waals surface area contributed by atoms with Crippen molar-refractivity contribution in [3.05, 3.63) is 59.5 Å². The van der Waals surface area contributed by atoms with Crippen LogP contribution in [0.15, 0.2) is 47.3 Å². The minimum Gasteiger partial charge on any atom is -0.472 e. The lowest BCUT2D eigenvalue weighted by molar-refractivity contribution is -0.137. The third-order valence-corrected chi connectivity index (χ3v) is 4.66. The largest absolute Gasteiger partial charge is 0.472 e. The van der Waals surface area contributed by atoms with Crippen molar-refractivity contribution in [2.45, 2.75) is 24.5 Å². The lowest BCUT2D eigenvalue weighted by atomic mass is 10.1. The van der Waals surface area contributed by atoms with Crippen LogP contribution in [0.2, 0.25) is 0 Å². The summed E-state index contributed by atoms with van der Waals surface area (Å²) < 4.78 is 68.3. The maximum atomic E-state index is 12.5. The van der Waals surface area contributed by atoms with Gasteiger partial charge in [-0.1, -0.05) is 12.1 Å². The number of furan rings is 1. The Morgan fingerprint density at radius 2 is 1.83 bits per heavy atom. The third-order valence-electron chi connectivity index (χ3n) is 3.31. The molecule has 0 fully saturated rings. The second-order valence-corrected chi connectivity index (χ2v) is 7.02. The number of aliphatic hydroxyl groups is 1. The minimum atomic E-state index is -4.46. The predicted molar refractivity (Wildman–Crippen MR) is 80.4 cm³/mol. The van der Waals surface area contributed by atoms with Crippen LogP contribution < -0.4 is 4.72 Å². The Balaban J connectivity index is 1.87. The van der Waals surface area contributed by atoms with E-state index in [1.807, 2.05) is 0 Å². The monoisotopic (exact) mass is 363 g/mol. The lowest BCUT2D eigenvalue weighted by Gasteiger charge is -2.11. The number of rotatable bonds is 7. The van der Waals surface area contributed by atoms with Crippen molar-refractivity contribution in [2.24, 2.45) is 0 Å². The molecule has 1 aromatic carbocycles. The molecule has 0 aliphatic heterocycles. The van der Waals surface area contributed by atoms with Gasteiger partial charge in [0, 0.05) is 12.1 Å². The number of aliphatic hydroxyl groups excluding tert-OH is 1. The van der Waals surface area contributed by atoms with Crippen molar-refractivity contribution in [1.29, 1.82) is 0 Å². The molecule has 0 bridgehead atoms. The van der Waals surface area contributed by atoms with Crippen LogP contribution in [0.3, 0.4) is 0 Å². The Labute approximate surface area is 137 Å². The van der Waals surface area contributed by atoms with Gasteiger partial charge in [0.25, 0.3) is 0 Å². The fraction of sp³-hybridized carbons (Fsp3) is 0.333. The van der Waals surface area contributed by atoms with Gasteiger partial charge in [0.05, 0.1) is 29.9 Å². The fourth-order valence-electron chi connectivity index (χ4n) is 2.04. The van der Waals surface area contributed by atoms with Gasteiger partial charge < -0.3 is 9.52 Å². The molecular weight excluding hydrogens is 347 g/mol. The lowest BCUT2D eigenvalue weighted by Crippen LogP contribution is -2.27. The van der Waals surface area contributed by atoms with E-state index >= 15 is 0 Å². The number of benzene rings is 1. The summed E-state index contributed by atoms with van der Waals surface area (Å²) in [5.74, 6) is -0.438. The van der Waals surface area contributed by atoms with E-state index in [0.717, 1.165) is 24.3 Å². The molecule has 24 heavy (non-hydrogen) atoms. The van der Waals surface area contributed by atoms with Crippen LogP contribution in [0, 0.1) is 0 Å². The molecule has 5 nitrogen and oxygen atoms in total. The van der Waals surface area contributed by atoms with E-state index in [0.29, 0.717) is 5.56 Å². The van der Waals surface area contributed by atoms with Gasteiger partial charge in [-0.25, -0.2) is 13.1 Å². The Bertz CT molecular complexity index is 740. The van der Waals surface area contributed by atoms with E-state index in [4.69, 9.17) is 4.42 Å². The molecule has 132 valence electrons. The highest BCUT2D eigenvalue weighted by molar-refractivity contribution is 7.88.